The minimum atomic E-state index is -0.411. The Kier molecular flexibility index (Phi) is 6.87. The predicted molar refractivity (Wildman–Crippen MR) is 170 cm³/mol. The molecule has 6 rings (SSSR count). The van der Waals surface area contributed by atoms with Crippen molar-refractivity contribution in [3.63, 3.8) is 0 Å². The summed E-state index contributed by atoms with van der Waals surface area (Å²) in [6.07, 6.45) is 0. The fraction of sp³-hybridized carbons (Fsp3) is 0.162. The molecule has 41 heavy (non-hydrogen) atoms. The topological polar surface area (TPSA) is 45.8 Å². The molecule has 3 nitrogen and oxygen atoms in total. The Balaban J connectivity index is 1.43. The maximum atomic E-state index is 9.87. The predicted octanol–water partition coefficient (Wildman–Crippen LogP) is 8.04. The van der Waals surface area contributed by atoms with E-state index < -0.39 is 12.7 Å². The Labute approximate surface area is 243 Å². The van der Waals surface area contributed by atoms with E-state index in [1.165, 1.54) is 22.3 Å². The van der Waals surface area contributed by atoms with E-state index in [4.69, 9.17) is 9.31 Å². The van der Waals surface area contributed by atoms with Crippen LogP contribution in [-0.2, 0) is 4.65 Å². The summed E-state index contributed by atoms with van der Waals surface area (Å²) in [7, 11) is -0.411. The number of rotatable bonds is 5. The average molecular weight is 534 g/mol. The van der Waals surface area contributed by atoms with Crippen molar-refractivity contribution in [3.05, 3.63) is 127 Å². The van der Waals surface area contributed by atoms with Crippen molar-refractivity contribution in [3.8, 4) is 50.6 Å². The quantitative estimate of drug-likeness (QED) is 0.169. The number of benzene rings is 5. The van der Waals surface area contributed by atoms with Gasteiger partial charge in [-0.2, -0.15) is 5.26 Å². The van der Waals surface area contributed by atoms with Crippen LogP contribution in [0.25, 0.3) is 44.5 Å². The Morgan fingerprint density at radius 2 is 1.02 bits per heavy atom. The molecular weight excluding hydrogens is 501 g/mol. The van der Waals surface area contributed by atoms with E-state index in [1.807, 2.05) is 24.3 Å². The number of aliphatic hydroxyl groups is 1. The van der Waals surface area contributed by atoms with Crippen LogP contribution in [0.1, 0.15) is 33.3 Å². The lowest BCUT2D eigenvalue weighted by molar-refractivity contribution is -0.0705. The molecule has 1 heterocycles. The van der Waals surface area contributed by atoms with Crippen molar-refractivity contribution in [2.75, 3.05) is 0 Å². The van der Waals surface area contributed by atoms with Crippen molar-refractivity contribution in [1.82, 2.24) is 0 Å². The van der Waals surface area contributed by atoms with Crippen LogP contribution in [0.15, 0.2) is 121 Å². The second-order valence-corrected chi connectivity index (χ2v) is 11.7. The summed E-state index contributed by atoms with van der Waals surface area (Å²) in [4.78, 5) is 0. The van der Waals surface area contributed by atoms with Gasteiger partial charge >= 0.3 is 7.12 Å². The van der Waals surface area contributed by atoms with E-state index in [1.54, 1.807) is 0 Å². The van der Waals surface area contributed by atoms with Gasteiger partial charge < -0.3 is 9.31 Å². The molecule has 5 aromatic rings. The first-order valence-corrected chi connectivity index (χ1v) is 14.0. The first kappa shape index (κ1) is 26.8. The molecule has 1 aliphatic rings. The zero-order chi connectivity index (χ0) is 28.6. The Morgan fingerprint density at radius 1 is 0.561 bits per heavy atom. The molecule has 0 radical (unpaired) electrons. The largest absolute Gasteiger partial charge is 0.732 e. The summed E-state index contributed by atoms with van der Waals surface area (Å²) in [6.45, 7) is 8.34. The molecule has 0 aromatic heterocycles. The zero-order valence-corrected chi connectivity index (χ0v) is 23.9. The molecule has 1 N–H and O–H groups in total. The van der Waals surface area contributed by atoms with Crippen LogP contribution >= 0.6 is 0 Å². The van der Waals surface area contributed by atoms with Gasteiger partial charge in [0.05, 0.1) is 17.1 Å². The lowest BCUT2D eigenvalue weighted by Crippen LogP contribution is -2.43. The standard InChI is InChI=1S/C37H32BNO2/c1-36(2)37(3,4)41-38(40-36)35-19-26(25-39)18-31(24-35)29-16-11-17-30(20-29)34-22-32(27-12-7-5-8-13-27)21-33(23-34)28-14-9-6-10-15-28/h5-24H,1-4H3/p+1. The van der Waals surface area contributed by atoms with Crippen molar-refractivity contribution < 1.29 is 9.31 Å². The monoisotopic (exact) mass is 534 g/mol. The molecule has 0 unspecified atom stereocenters. The van der Waals surface area contributed by atoms with E-state index in [0.29, 0.717) is 5.56 Å². The van der Waals surface area contributed by atoms with Crippen molar-refractivity contribution >= 4 is 12.6 Å². The highest BCUT2D eigenvalue weighted by atomic mass is 16.7. The second-order valence-electron chi connectivity index (χ2n) is 11.7. The fourth-order valence-corrected chi connectivity index (χ4v) is 5.33. The minimum Gasteiger partial charge on any atom is -0.505 e. The van der Waals surface area contributed by atoms with Crippen LogP contribution in [0, 0.1) is 11.3 Å². The molecule has 0 saturated carbocycles. The van der Waals surface area contributed by atoms with Gasteiger partial charge in [0.2, 0.25) is 0 Å². The Hall–Kier alpha value is -4.43. The van der Waals surface area contributed by atoms with Crippen LogP contribution in [0.4, 0.5) is 0 Å². The van der Waals surface area contributed by atoms with E-state index in [9.17, 15) is 5.26 Å². The molecule has 1 fully saturated rings. The highest BCUT2D eigenvalue weighted by Crippen LogP contribution is 2.36. The lowest BCUT2D eigenvalue weighted by Gasteiger charge is -2.28. The number of hydrogen-bond donors (Lipinski definition) is 0. The minimum absolute atomic E-state index is 0.333. The van der Waals surface area contributed by atoms with Gasteiger partial charge in [-0.1, -0.05) is 78.9 Å². The molecule has 4 heteroatoms. The first-order chi connectivity index (χ1) is 19.7. The molecule has 0 atom stereocenters. The Bertz CT molecular complexity index is 1680. The van der Waals surface area contributed by atoms with Crippen molar-refractivity contribution in [2.45, 2.75) is 38.9 Å². The first-order valence-electron chi connectivity index (χ1n) is 14.0. The third-order valence-corrected chi connectivity index (χ3v) is 8.37. The molecule has 0 spiro atoms. The van der Waals surface area contributed by atoms with Crippen LogP contribution in [0.5, 0.6) is 0 Å². The molecule has 1 saturated heterocycles. The van der Waals surface area contributed by atoms with Crippen molar-refractivity contribution in [2.24, 2.45) is 0 Å². The van der Waals surface area contributed by atoms with E-state index in [0.717, 1.165) is 27.7 Å². The molecule has 1 aliphatic heterocycles. The van der Waals surface area contributed by atoms with Crippen LogP contribution < -0.4 is 5.46 Å². The third-order valence-electron chi connectivity index (χ3n) is 8.37. The molecule has 0 amide bonds. The fourth-order valence-electron chi connectivity index (χ4n) is 5.33. The van der Waals surface area contributed by atoms with Gasteiger partial charge in [-0.25, -0.2) is 0 Å². The van der Waals surface area contributed by atoms with E-state index in [2.05, 4.69) is 131 Å². The highest BCUT2D eigenvalue weighted by molar-refractivity contribution is 6.61. The van der Waals surface area contributed by atoms with Gasteiger partial charge in [-0.05, 0) is 101 Å². The van der Waals surface area contributed by atoms with Gasteiger partial charge in [-0.15, -0.1) is 0 Å². The zero-order valence-electron chi connectivity index (χ0n) is 23.9. The number of nitrogens with zero attached hydrogens (tertiary/aromatic N) is 1. The molecule has 0 aliphatic carbocycles. The van der Waals surface area contributed by atoms with E-state index in [-0.39, 0.29) is 5.60 Å². The maximum absolute atomic E-state index is 9.87. The lowest BCUT2D eigenvalue weighted by atomic mass is 9.77. The van der Waals surface area contributed by atoms with Gasteiger partial charge in [0.15, 0.2) is 5.60 Å². The summed E-state index contributed by atoms with van der Waals surface area (Å²) >= 11 is 0. The normalized spacial score (nSPS) is 15.4. The van der Waals surface area contributed by atoms with E-state index >= 15 is 0 Å². The average Bonchev–Trinajstić information content (AvgIpc) is 3.23. The van der Waals surface area contributed by atoms with Gasteiger partial charge in [0, 0.05) is 13.8 Å². The highest BCUT2D eigenvalue weighted by Gasteiger charge is 2.59. The molecule has 5 aromatic carbocycles. The molecule has 0 bridgehead atoms. The van der Waals surface area contributed by atoms with Crippen LogP contribution in [0.3, 0.4) is 0 Å². The third kappa shape index (κ3) is 5.35. The van der Waals surface area contributed by atoms with Crippen LogP contribution in [-0.4, -0.2) is 23.0 Å². The SMILES string of the molecule is CC1(C)OB(c2cc(C#N)cc(-c3cccc(-c4cc(-c5ccccc5)cc(-c5ccccc5)c4)c3)c2)[OH+]C1(C)C. The number of hydrogen-bond acceptors (Lipinski definition) is 2. The van der Waals surface area contributed by atoms with Gasteiger partial charge in [-0.3, -0.25) is 0 Å². The molecular formula is C37H33BNO2+. The van der Waals surface area contributed by atoms with Crippen molar-refractivity contribution in [1.29, 1.82) is 5.26 Å². The smallest absolute Gasteiger partial charge is 0.505 e. The van der Waals surface area contributed by atoms with Gasteiger partial charge in [0.1, 0.15) is 5.60 Å². The molecule has 200 valence electrons. The maximum Gasteiger partial charge on any atom is 0.732 e. The summed E-state index contributed by atoms with van der Waals surface area (Å²) in [5.74, 6) is 0. The number of nitriles is 1. The summed E-state index contributed by atoms with van der Waals surface area (Å²) in [6, 6.07) is 44.6. The second kappa shape index (κ2) is 10.5. The summed E-state index contributed by atoms with van der Waals surface area (Å²) in [5.41, 5.74) is 9.75. The van der Waals surface area contributed by atoms with Gasteiger partial charge in [0.25, 0.3) is 0 Å². The summed E-state index contributed by atoms with van der Waals surface area (Å²) in [5, 5.41) is 9.87. The summed E-state index contributed by atoms with van der Waals surface area (Å²) < 4.78 is 11.3. The Morgan fingerprint density at radius 3 is 1.51 bits per heavy atom. The van der Waals surface area contributed by atoms with Crippen LogP contribution in [0.2, 0.25) is 0 Å².